The minimum atomic E-state index is -0.833. The molecule has 0 fully saturated rings. The summed E-state index contributed by atoms with van der Waals surface area (Å²) in [5, 5.41) is 13.8. The van der Waals surface area contributed by atoms with Crippen LogP contribution in [0.25, 0.3) is 10.8 Å². The highest BCUT2D eigenvalue weighted by Crippen LogP contribution is 2.17. The van der Waals surface area contributed by atoms with Crippen molar-refractivity contribution in [2.45, 2.75) is 6.54 Å². The zero-order valence-electron chi connectivity index (χ0n) is 8.81. The van der Waals surface area contributed by atoms with E-state index in [1.165, 1.54) is 10.8 Å². The van der Waals surface area contributed by atoms with Crippen molar-refractivity contribution in [1.29, 1.82) is 0 Å². The van der Waals surface area contributed by atoms with Gasteiger partial charge in [0.1, 0.15) is 0 Å². The molecular weight excluding hydrogens is 202 g/mol. The molecule has 0 bridgehead atoms. The molecule has 0 radical (unpaired) electrons. The molecule has 16 heavy (non-hydrogen) atoms. The van der Waals surface area contributed by atoms with E-state index in [0.29, 0.717) is 6.54 Å². The highest BCUT2D eigenvalue weighted by Gasteiger charge is 2.00. The number of nitrogens with one attached hydrogen (secondary N) is 1. The standard InChI is InChI=1S/C13H13NO2/c15-13(16)9-14-8-11-6-3-5-10-4-1-2-7-12(10)11/h1-7,14H,8-9H2,(H,15,16). The highest BCUT2D eigenvalue weighted by atomic mass is 16.4. The summed E-state index contributed by atoms with van der Waals surface area (Å²) in [7, 11) is 0. The third-order valence-corrected chi connectivity index (χ3v) is 2.47. The maximum atomic E-state index is 10.4. The van der Waals surface area contributed by atoms with Crippen LogP contribution in [-0.4, -0.2) is 17.6 Å². The van der Waals surface area contributed by atoms with Crippen molar-refractivity contribution < 1.29 is 9.90 Å². The summed E-state index contributed by atoms with van der Waals surface area (Å²) in [5.41, 5.74) is 1.12. The highest BCUT2D eigenvalue weighted by molar-refractivity contribution is 5.85. The third-order valence-electron chi connectivity index (χ3n) is 2.47. The number of hydrogen-bond acceptors (Lipinski definition) is 2. The van der Waals surface area contributed by atoms with E-state index >= 15 is 0 Å². The maximum Gasteiger partial charge on any atom is 0.317 e. The van der Waals surface area contributed by atoms with Crippen molar-refractivity contribution in [3.63, 3.8) is 0 Å². The fraction of sp³-hybridized carbons (Fsp3) is 0.154. The van der Waals surface area contributed by atoms with E-state index in [1.54, 1.807) is 0 Å². The van der Waals surface area contributed by atoms with Crippen LogP contribution >= 0.6 is 0 Å². The predicted octanol–water partition coefficient (Wildman–Crippen LogP) is 2.01. The van der Waals surface area contributed by atoms with Crippen molar-refractivity contribution >= 4 is 16.7 Å². The van der Waals surface area contributed by atoms with Crippen LogP contribution < -0.4 is 5.32 Å². The molecule has 0 atom stereocenters. The smallest absolute Gasteiger partial charge is 0.317 e. The quantitative estimate of drug-likeness (QED) is 0.820. The van der Waals surface area contributed by atoms with Crippen molar-refractivity contribution in [2.24, 2.45) is 0 Å². The summed E-state index contributed by atoms with van der Waals surface area (Å²) in [6.07, 6.45) is 0. The van der Waals surface area contributed by atoms with Gasteiger partial charge in [0, 0.05) is 6.54 Å². The van der Waals surface area contributed by atoms with Gasteiger partial charge in [-0.25, -0.2) is 0 Å². The molecule has 0 aromatic heterocycles. The van der Waals surface area contributed by atoms with Gasteiger partial charge in [-0.3, -0.25) is 4.79 Å². The summed E-state index contributed by atoms with van der Waals surface area (Å²) in [4.78, 5) is 10.4. The van der Waals surface area contributed by atoms with Crippen molar-refractivity contribution in [2.75, 3.05) is 6.54 Å². The van der Waals surface area contributed by atoms with Crippen LogP contribution in [0, 0.1) is 0 Å². The third kappa shape index (κ3) is 2.38. The zero-order valence-corrected chi connectivity index (χ0v) is 8.81. The number of benzene rings is 2. The molecule has 2 rings (SSSR count). The van der Waals surface area contributed by atoms with Crippen LogP contribution in [0.5, 0.6) is 0 Å². The summed E-state index contributed by atoms with van der Waals surface area (Å²) >= 11 is 0. The topological polar surface area (TPSA) is 49.3 Å². The second-order valence-corrected chi connectivity index (χ2v) is 3.64. The maximum absolute atomic E-state index is 10.4. The fourth-order valence-corrected chi connectivity index (χ4v) is 1.75. The Labute approximate surface area is 93.7 Å². The SMILES string of the molecule is O=C(O)CNCc1cccc2ccccc12. The Morgan fingerprint density at radius 1 is 1.12 bits per heavy atom. The molecule has 0 saturated heterocycles. The van der Waals surface area contributed by atoms with Crippen LogP contribution in [0.4, 0.5) is 0 Å². The molecule has 0 amide bonds. The summed E-state index contributed by atoms with van der Waals surface area (Å²) in [6, 6.07) is 14.1. The van der Waals surface area contributed by atoms with Crippen LogP contribution in [0.2, 0.25) is 0 Å². The van der Waals surface area contributed by atoms with E-state index in [0.717, 1.165) is 5.56 Å². The average molecular weight is 215 g/mol. The molecule has 0 saturated carbocycles. The largest absolute Gasteiger partial charge is 0.480 e. The molecule has 82 valence electrons. The lowest BCUT2D eigenvalue weighted by Crippen LogP contribution is -2.21. The molecule has 2 aromatic rings. The molecule has 0 aliphatic heterocycles. The minimum Gasteiger partial charge on any atom is -0.480 e. The zero-order chi connectivity index (χ0) is 11.4. The van der Waals surface area contributed by atoms with Gasteiger partial charge in [-0.2, -0.15) is 0 Å². The first-order valence-corrected chi connectivity index (χ1v) is 5.16. The summed E-state index contributed by atoms with van der Waals surface area (Å²) in [5.74, 6) is -0.833. The second kappa shape index (κ2) is 4.77. The van der Waals surface area contributed by atoms with Crippen LogP contribution in [-0.2, 0) is 11.3 Å². The fourth-order valence-electron chi connectivity index (χ4n) is 1.75. The summed E-state index contributed by atoms with van der Waals surface area (Å²) in [6.45, 7) is 0.566. The number of aliphatic carboxylic acids is 1. The van der Waals surface area contributed by atoms with E-state index in [1.807, 2.05) is 30.3 Å². The summed E-state index contributed by atoms with van der Waals surface area (Å²) < 4.78 is 0. The van der Waals surface area contributed by atoms with Gasteiger partial charge >= 0.3 is 5.97 Å². The molecule has 0 spiro atoms. The average Bonchev–Trinajstić information content (AvgIpc) is 2.29. The molecule has 2 N–H and O–H groups in total. The number of fused-ring (bicyclic) bond motifs is 1. The molecule has 3 nitrogen and oxygen atoms in total. The van der Waals surface area contributed by atoms with Gasteiger partial charge in [0.05, 0.1) is 6.54 Å². The lowest BCUT2D eigenvalue weighted by atomic mass is 10.0. The monoisotopic (exact) mass is 215 g/mol. The van der Waals surface area contributed by atoms with Gasteiger partial charge in [-0.1, -0.05) is 42.5 Å². The first kappa shape index (κ1) is 10.6. The van der Waals surface area contributed by atoms with Gasteiger partial charge in [0.2, 0.25) is 0 Å². The van der Waals surface area contributed by atoms with Gasteiger partial charge in [0.15, 0.2) is 0 Å². The van der Waals surface area contributed by atoms with E-state index < -0.39 is 5.97 Å². The lowest BCUT2D eigenvalue weighted by molar-refractivity contribution is -0.135. The van der Waals surface area contributed by atoms with Gasteiger partial charge < -0.3 is 10.4 Å². The lowest BCUT2D eigenvalue weighted by Gasteiger charge is -2.06. The van der Waals surface area contributed by atoms with E-state index in [2.05, 4.69) is 17.4 Å². The van der Waals surface area contributed by atoms with Crippen molar-refractivity contribution in [3.8, 4) is 0 Å². The molecule has 3 heteroatoms. The number of carboxylic acid groups (broad SMARTS) is 1. The molecule has 2 aromatic carbocycles. The molecule has 0 aliphatic rings. The molecule has 0 aliphatic carbocycles. The normalized spacial score (nSPS) is 10.5. The number of carboxylic acids is 1. The molecule has 0 unspecified atom stereocenters. The second-order valence-electron chi connectivity index (χ2n) is 3.64. The predicted molar refractivity (Wildman–Crippen MR) is 63.3 cm³/mol. The van der Waals surface area contributed by atoms with E-state index in [9.17, 15) is 4.79 Å². The minimum absolute atomic E-state index is 0.0107. The van der Waals surface area contributed by atoms with E-state index in [4.69, 9.17) is 5.11 Å². The van der Waals surface area contributed by atoms with Crippen molar-refractivity contribution in [1.82, 2.24) is 5.32 Å². The molecular formula is C13H13NO2. The van der Waals surface area contributed by atoms with Crippen LogP contribution in [0.15, 0.2) is 42.5 Å². The van der Waals surface area contributed by atoms with Gasteiger partial charge in [-0.15, -0.1) is 0 Å². The number of rotatable bonds is 4. The van der Waals surface area contributed by atoms with Gasteiger partial charge in [0.25, 0.3) is 0 Å². The number of hydrogen-bond donors (Lipinski definition) is 2. The van der Waals surface area contributed by atoms with Crippen molar-refractivity contribution in [3.05, 3.63) is 48.0 Å². The first-order valence-electron chi connectivity index (χ1n) is 5.16. The Kier molecular flexibility index (Phi) is 3.17. The Morgan fingerprint density at radius 3 is 2.69 bits per heavy atom. The Morgan fingerprint density at radius 2 is 1.88 bits per heavy atom. The Balaban J connectivity index is 2.20. The first-order chi connectivity index (χ1) is 7.77. The Bertz CT molecular complexity index is 503. The Hall–Kier alpha value is -1.87. The molecule has 0 heterocycles. The van der Waals surface area contributed by atoms with E-state index in [-0.39, 0.29) is 6.54 Å². The van der Waals surface area contributed by atoms with Crippen LogP contribution in [0.3, 0.4) is 0 Å². The number of carbonyl (C=O) groups is 1. The van der Waals surface area contributed by atoms with Gasteiger partial charge in [-0.05, 0) is 16.3 Å². The van der Waals surface area contributed by atoms with Crippen LogP contribution in [0.1, 0.15) is 5.56 Å².